The van der Waals surface area contributed by atoms with Crippen LogP contribution < -0.4 is 15.1 Å². The van der Waals surface area contributed by atoms with Crippen LogP contribution in [0, 0.1) is 0 Å². The van der Waals surface area contributed by atoms with Gasteiger partial charge >= 0.3 is 3.98 Å². The van der Waals surface area contributed by atoms with Crippen molar-refractivity contribution in [3.8, 4) is 0 Å². The van der Waals surface area contributed by atoms with Gasteiger partial charge in [0.05, 0.1) is 33.7 Å². The lowest BCUT2D eigenvalue weighted by Crippen LogP contribution is -2.27. The first-order chi connectivity index (χ1) is 28.9. The Hall–Kier alpha value is -5.81. The third-order valence-electron chi connectivity index (χ3n) is 12.3. The Morgan fingerprint density at radius 3 is 1.87 bits per heavy atom. The Morgan fingerprint density at radius 1 is 0.717 bits per heavy atom. The van der Waals surface area contributed by atoms with E-state index in [1.165, 1.54) is 94.9 Å². The normalized spacial score (nSPS) is 17.8. The summed E-state index contributed by atoms with van der Waals surface area (Å²) in [7, 11) is 4.45. The molecule has 0 atom stereocenters. The van der Waals surface area contributed by atoms with Crippen molar-refractivity contribution < 1.29 is 24.6 Å². The zero-order valence-electron chi connectivity index (χ0n) is 34.8. The number of anilines is 3. The summed E-state index contributed by atoms with van der Waals surface area (Å²) in [5, 5.41) is 16.7. The van der Waals surface area contributed by atoms with Crippen molar-refractivity contribution in [3.63, 3.8) is 0 Å². The molecule has 0 aromatic heterocycles. The molecule has 0 fully saturated rings. The van der Waals surface area contributed by atoms with Gasteiger partial charge in [0.15, 0.2) is 5.71 Å². The highest BCUT2D eigenvalue weighted by Crippen LogP contribution is 2.51. The van der Waals surface area contributed by atoms with Gasteiger partial charge in [0.1, 0.15) is 7.05 Å². The Kier molecular flexibility index (Phi) is 11.4. The molecule has 2 heterocycles. The fourth-order valence-electron chi connectivity index (χ4n) is 9.66. The zero-order chi connectivity index (χ0) is 42.2. The second-order valence-corrected chi connectivity index (χ2v) is 17.3. The topological polar surface area (TPSA) is 68.1 Å². The zero-order valence-corrected chi connectivity index (χ0v) is 36.9. The average molecular weight is 906 g/mol. The van der Waals surface area contributed by atoms with Crippen LogP contribution in [0.15, 0.2) is 180 Å². The van der Waals surface area contributed by atoms with E-state index in [0.717, 1.165) is 24.2 Å². The van der Waals surface area contributed by atoms with Crippen LogP contribution in [0.25, 0.3) is 21.5 Å². The quantitative estimate of drug-likeness (QED) is 0.0523. The van der Waals surface area contributed by atoms with E-state index in [1.807, 2.05) is 0 Å². The molecule has 0 bridgehead atoms. The first-order valence-electron chi connectivity index (χ1n) is 20.2. The van der Waals surface area contributed by atoms with Crippen molar-refractivity contribution in [1.82, 2.24) is 0 Å². The standard InChI is InChI=1S/C51H48N3.CHIO4/c1-50(2)45(52(5)43-31-27-35-17-13-15-23-41(35)47(43)50)33-29-37-25-26-38(49(37)54(39-19-9-7-10-20-39)40-21-11-8-12-22-40)30-34-46-51(3,4)48-42-24-16-14-18-36(42)28-32-44(48)53(46)6;2-1(3)5-6-4/h7-24,27-34H,25-26H2,1-6H3;4H/q+1;/p-1. The van der Waals surface area contributed by atoms with Gasteiger partial charge < -0.3 is 15.1 Å². The minimum Gasteiger partial charge on any atom is -0.681 e. The molecule has 302 valence electrons. The van der Waals surface area contributed by atoms with Crippen molar-refractivity contribution in [1.29, 1.82) is 0 Å². The monoisotopic (exact) mass is 905 g/mol. The van der Waals surface area contributed by atoms with Gasteiger partial charge in [0, 0.05) is 52.9 Å². The molecule has 8 heteroatoms. The molecule has 0 saturated heterocycles. The number of allylic oxidation sites excluding steroid dienone is 7. The van der Waals surface area contributed by atoms with Gasteiger partial charge in [-0.05, 0) is 107 Å². The Morgan fingerprint density at radius 2 is 1.28 bits per heavy atom. The lowest BCUT2D eigenvalue weighted by atomic mass is 9.79. The summed E-state index contributed by atoms with van der Waals surface area (Å²) in [5.74, 6) is 0. The number of carbonyl (C=O) groups excluding carboxylic acids is 1. The summed E-state index contributed by atoms with van der Waals surface area (Å²) < 4.78 is 1.63. The molecule has 6 aromatic carbocycles. The van der Waals surface area contributed by atoms with Crippen LogP contribution in [-0.2, 0) is 20.8 Å². The fraction of sp³-hybridized carbons (Fsp3) is 0.192. The second-order valence-electron chi connectivity index (χ2n) is 16.5. The van der Waals surface area contributed by atoms with Crippen molar-refractivity contribution in [2.45, 2.75) is 51.4 Å². The summed E-state index contributed by atoms with van der Waals surface area (Å²) in [6.45, 7) is 9.52. The Bertz CT molecular complexity index is 2740. The molecule has 2 aliphatic heterocycles. The lowest BCUT2D eigenvalue weighted by Gasteiger charge is -2.29. The van der Waals surface area contributed by atoms with E-state index in [1.54, 1.807) is 0 Å². The highest BCUT2D eigenvalue weighted by Gasteiger charge is 2.44. The van der Waals surface area contributed by atoms with Crippen LogP contribution in [0.2, 0.25) is 0 Å². The van der Waals surface area contributed by atoms with E-state index in [9.17, 15) is 4.79 Å². The number of halogens is 1. The number of rotatable bonds is 7. The summed E-state index contributed by atoms with van der Waals surface area (Å²) in [6.07, 6.45) is 11.6. The van der Waals surface area contributed by atoms with Gasteiger partial charge in [-0.25, -0.2) is 9.83 Å². The molecule has 9 rings (SSSR count). The molecule has 1 aliphatic carbocycles. The summed E-state index contributed by atoms with van der Waals surface area (Å²) in [6, 6.07) is 48.5. The number of fused-ring (bicyclic) bond motifs is 6. The lowest BCUT2D eigenvalue weighted by molar-refractivity contribution is -0.784. The number of likely N-dealkylation sites (N-methyl/N-ethyl adjacent to an activating group) is 1. The maximum atomic E-state index is 9.48. The molecule has 0 spiro atoms. The third-order valence-corrected chi connectivity index (χ3v) is 12.5. The number of carbonyl (C=O) groups is 1. The SMILES string of the molecule is CN1C(=CC=C2CCC(C=CC3=[N+](C)c4ccc5ccccc5c4C3(C)C)=C2N(c2ccccc2)c2ccccc2)C(C)(C)c2c1ccc1ccccc21.O=C(I)OO[O-]. The Labute approximate surface area is 365 Å². The van der Waals surface area contributed by atoms with Gasteiger partial charge in [0.25, 0.3) is 0 Å². The van der Waals surface area contributed by atoms with E-state index in [4.69, 9.17) is 5.26 Å². The van der Waals surface area contributed by atoms with E-state index < -0.39 is 3.98 Å². The van der Waals surface area contributed by atoms with E-state index in [0.29, 0.717) is 0 Å². The highest BCUT2D eigenvalue weighted by molar-refractivity contribution is 14.1. The van der Waals surface area contributed by atoms with Crippen LogP contribution >= 0.6 is 22.6 Å². The van der Waals surface area contributed by atoms with Crippen LogP contribution in [0.3, 0.4) is 0 Å². The predicted molar refractivity (Wildman–Crippen MR) is 251 cm³/mol. The van der Waals surface area contributed by atoms with Gasteiger partial charge in [-0.1, -0.05) is 117 Å². The van der Waals surface area contributed by atoms with Crippen molar-refractivity contribution in [3.05, 3.63) is 191 Å². The van der Waals surface area contributed by atoms with Gasteiger partial charge in [-0.3, -0.25) is 4.89 Å². The summed E-state index contributed by atoms with van der Waals surface area (Å²) in [4.78, 5) is 17.7. The molecule has 7 nitrogen and oxygen atoms in total. The van der Waals surface area contributed by atoms with E-state index in [-0.39, 0.29) is 10.8 Å². The summed E-state index contributed by atoms with van der Waals surface area (Å²) >= 11 is 1.26. The average Bonchev–Trinajstić information content (AvgIpc) is 3.80. The molecule has 0 saturated carbocycles. The maximum absolute atomic E-state index is 9.48. The van der Waals surface area contributed by atoms with Gasteiger partial charge in [-0.15, -0.1) is 0 Å². The van der Waals surface area contributed by atoms with Crippen molar-refractivity contribution >= 4 is 76.6 Å². The van der Waals surface area contributed by atoms with Gasteiger partial charge in [0.2, 0.25) is 5.69 Å². The third kappa shape index (κ3) is 7.37. The fourth-order valence-corrected chi connectivity index (χ4v) is 9.73. The molecular formula is C52H48IN3O4. The number of hydrogen-bond acceptors (Lipinski definition) is 6. The van der Waals surface area contributed by atoms with Gasteiger partial charge in [-0.2, -0.15) is 4.58 Å². The Balaban J connectivity index is 0.000000776. The molecule has 60 heavy (non-hydrogen) atoms. The van der Waals surface area contributed by atoms with Crippen LogP contribution in [0.5, 0.6) is 0 Å². The molecular weight excluding hydrogens is 857 g/mol. The molecule has 3 aliphatic rings. The predicted octanol–water partition coefficient (Wildman–Crippen LogP) is 12.4. The van der Waals surface area contributed by atoms with Crippen LogP contribution in [0.4, 0.5) is 27.5 Å². The molecule has 0 unspecified atom stereocenters. The number of hydrogen-bond donors (Lipinski definition) is 0. The first kappa shape index (κ1) is 40.9. The largest absolute Gasteiger partial charge is 0.681 e. The smallest absolute Gasteiger partial charge is 0.399 e. The first-order valence-corrected chi connectivity index (χ1v) is 21.3. The second kappa shape index (κ2) is 16.7. The number of para-hydroxylation sites is 2. The van der Waals surface area contributed by atoms with E-state index >= 15 is 0 Å². The maximum Gasteiger partial charge on any atom is 0.399 e. The minimum absolute atomic E-state index is 0.153. The number of nitrogens with zero attached hydrogens (tertiary/aromatic N) is 3. The highest BCUT2D eigenvalue weighted by atomic mass is 127. The van der Waals surface area contributed by atoms with Crippen molar-refractivity contribution in [2.24, 2.45) is 0 Å². The van der Waals surface area contributed by atoms with Crippen molar-refractivity contribution in [2.75, 3.05) is 23.9 Å². The molecule has 6 aromatic rings. The molecule has 0 amide bonds. The summed E-state index contributed by atoms with van der Waals surface area (Å²) in [5.41, 5.74) is 14.0. The van der Waals surface area contributed by atoms with Crippen LogP contribution in [-0.4, -0.2) is 28.4 Å². The van der Waals surface area contributed by atoms with E-state index in [2.05, 4.69) is 224 Å². The number of benzene rings is 6. The molecule has 0 radical (unpaired) electrons. The minimum atomic E-state index is -0.775. The molecule has 0 N–H and O–H groups in total. The van der Waals surface area contributed by atoms with Crippen LogP contribution in [0.1, 0.15) is 51.7 Å².